The average Bonchev–Trinajstić information content (AvgIpc) is 3.22. The van der Waals surface area contributed by atoms with Gasteiger partial charge in [0.05, 0.1) is 18.6 Å². The number of alkyl halides is 3. The van der Waals surface area contributed by atoms with E-state index in [-0.39, 0.29) is 17.6 Å². The minimum Gasteiger partial charge on any atom is -0.494 e. The topological polar surface area (TPSA) is 75.5 Å². The summed E-state index contributed by atoms with van der Waals surface area (Å²) in [5.74, 6) is 0.516. The van der Waals surface area contributed by atoms with Crippen LogP contribution in [0.15, 0.2) is 48.7 Å². The fourth-order valence-corrected chi connectivity index (χ4v) is 4.61. The van der Waals surface area contributed by atoms with Gasteiger partial charge in [-0.25, -0.2) is 4.98 Å². The standard InChI is InChI=1S/C26H25ClF3N3O3/c1-33(11-2-12-36-20-9-10-21-17(13-20)3-4-18(21)14-23(34)35)24-22(15-31-25(27)32-24)16-5-7-19(8-6-16)26(28,29)30/h5-10,13,15,18H,2-4,11-12,14H2,1H3,(H,34,35)/t18-/m0/s1. The molecule has 0 saturated carbocycles. The monoisotopic (exact) mass is 519 g/mol. The second-order valence-corrected chi connectivity index (χ2v) is 9.11. The molecular formula is C26H25ClF3N3O3. The van der Waals surface area contributed by atoms with Crippen LogP contribution < -0.4 is 9.64 Å². The highest BCUT2D eigenvalue weighted by atomic mass is 35.5. The third kappa shape index (κ3) is 6.07. The number of carboxylic acid groups (broad SMARTS) is 1. The summed E-state index contributed by atoms with van der Waals surface area (Å²) in [5, 5.41) is 9.12. The van der Waals surface area contributed by atoms with Gasteiger partial charge < -0.3 is 14.7 Å². The number of carboxylic acids is 1. The number of hydrogen-bond acceptors (Lipinski definition) is 5. The minimum atomic E-state index is -4.41. The van der Waals surface area contributed by atoms with Gasteiger partial charge in [-0.15, -0.1) is 0 Å². The maximum absolute atomic E-state index is 12.9. The van der Waals surface area contributed by atoms with Crippen molar-refractivity contribution in [1.29, 1.82) is 0 Å². The summed E-state index contributed by atoms with van der Waals surface area (Å²) in [4.78, 5) is 21.2. The predicted octanol–water partition coefficient (Wildman–Crippen LogP) is 6.23. The number of aliphatic carboxylic acids is 1. The fourth-order valence-electron chi connectivity index (χ4n) is 4.48. The number of benzene rings is 2. The van der Waals surface area contributed by atoms with Gasteiger partial charge in [0, 0.05) is 25.4 Å². The van der Waals surface area contributed by atoms with Crippen LogP contribution in [0.5, 0.6) is 5.75 Å². The Balaban J connectivity index is 1.37. The molecule has 36 heavy (non-hydrogen) atoms. The van der Waals surface area contributed by atoms with Gasteiger partial charge in [0.15, 0.2) is 0 Å². The van der Waals surface area contributed by atoms with Crippen LogP contribution in [-0.4, -0.2) is 41.2 Å². The summed E-state index contributed by atoms with van der Waals surface area (Å²) in [5.41, 5.74) is 2.62. The molecule has 1 heterocycles. The van der Waals surface area contributed by atoms with Crippen LogP contribution in [-0.2, 0) is 17.4 Å². The average molecular weight is 520 g/mol. The molecule has 0 bridgehead atoms. The summed E-state index contributed by atoms with van der Waals surface area (Å²) >= 11 is 6.00. The van der Waals surface area contributed by atoms with Gasteiger partial charge in [-0.2, -0.15) is 18.2 Å². The maximum atomic E-state index is 12.9. The highest BCUT2D eigenvalue weighted by molar-refractivity contribution is 6.28. The molecule has 1 aliphatic carbocycles. The number of halogens is 4. The second kappa shape index (κ2) is 10.7. The minimum absolute atomic E-state index is 0.0445. The van der Waals surface area contributed by atoms with Gasteiger partial charge in [0.1, 0.15) is 11.6 Å². The van der Waals surface area contributed by atoms with E-state index in [4.69, 9.17) is 21.4 Å². The molecule has 0 spiro atoms. The molecular weight excluding hydrogens is 495 g/mol. The Labute approximate surface area is 211 Å². The molecule has 0 fully saturated rings. The number of aromatic nitrogens is 2. The Kier molecular flexibility index (Phi) is 7.68. The lowest BCUT2D eigenvalue weighted by Gasteiger charge is -2.21. The summed E-state index contributed by atoms with van der Waals surface area (Å²) in [6.45, 7) is 1.00. The molecule has 1 N–H and O–H groups in total. The van der Waals surface area contributed by atoms with E-state index in [2.05, 4.69) is 9.97 Å². The lowest BCUT2D eigenvalue weighted by Crippen LogP contribution is -2.22. The zero-order valence-electron chi connectivity index (χ0n) is 19.6. The molecule has 190 valence electrons. The number of carbonyl (C=O) groups is 1. The Morgan fingerprint density at radius 1 is 1.22 bits per heavy atom. The largest absolute Gasteiger partial charge is 0.494 e. The molecule has 0 aliphatic heterocycles. The van der Waals surface area contributed by atoms with E-state index in [0.29, 0.717) is 36.5 Å². The van der Waals surface area contributed by atoms with Crippen molar-refractivity contribution in [3.8, 4) is 16.9 Å². The van der Waals surface area contributed by atoms with Crippen molar-refractivity contribution < 1.29 is 27.8 Å². The van der Waals surface area contributed by atoms with Crippen LogP contribution in [0.2, 0.25) is 5.28 Å². The normalized spacial score (nSPS) is 15.0. The molecule has 10 heteroatoms. The SMILES string of the molecule is CN(CCCOc1ccc2c(c1)CC[C@H]2CC(=O)O)c1nc(Cl)ncc1-c1ccc(C(F)(F)F)cc1. The highest BCUT2D eigenvalue weighted by Crippen LogP contribution is 2.37. The van der Waals surface area contributed by atoms with Gasteiger partial charge in [-0.3, -0.25) is 4.79 Å². The number of rotatable bonds is 9. The zero-order chi connectivity index (χ0) is 25.9. The molecule has 0 amide bonds. The summed E-state index contributed by atoms with van der Waals surface area (Å²) in [7, 11) is 1.82. The number of nitrogens with zero attached hydrogens (tertiary/aromatic N) is 3. The lowest BCUT2D eigenvalue weighted by molar-refractivity contribution is -0.138. The molecule has 0 saturated heterocycles. The number of fused-ring (bicyclic) bond motifs is 1. The quantitative estimate of drug-likeness (QED) is 0.267. The Hall–Kier alpha value is -3.33. The van der Waals surface area contributed by atoms with Crippen LogP contribution in [0.25, 0.3) is 11.1 Å². The van der Waals surface area contributed by atoms with E-state index in [0.717, 1.165) is 41.9 Å². The third-order valence-electron chi connectivity index (χ3n) is 6.27. The molecule has 2 aromatic carbocycles. The van der Waals surface area contributed by atoms with E-state index in [9.17, 15) is 18.0 Å². The molecule has 4 rings (SSSR count). The highest BCUT2D eigenvalue weighted by Gasteiger charge is 2.30. The van der Waals surface area contributed by atoms with E-state index in [1.54, 1.807) is 0 Å². The number of anilines is 1. The molecule has 6 nitrogen and oxygen atoms in total. The van der Waals surface area contributed by atoms with Crippen molar-refractivity contribution >= 4 is 23.4 Å². The molecule has 1 aromatic heterocycles. The van der Waals surface area contributed by atoms with Crippen molar-refractivity contribution in [3.63, 3.8) is 0 Å². The smallest absolute Gasteiger partial charge is 0.416 e. The van der Waals surface area contributed by atoms with Crippen molar-refractivity contribution in [2.24, 2.45) is 0 Å². The number of aryl methyl sites for hydroxylation is 1. The Morgan fingerprint density at radius 3 is 2.67 bits per heavy atom. The predicted molar refractivity (Wildman–Crippen MR) is 131 cm³/mol. The van der Waals surface area contributed by atoms with Crippen molar-refractivity contribution in [2.75, 3.05) is 25.1 Å². The van der Waals surface area contributed by atoms with Crippen LogP contribution in [0.3, 0.4) is 0 Å². The maximum Gasteiger partial charge on any atom is 0.416 e. The first-order chi connectivity index (χ1) is 17.1. The molecule has 1 aliphatic rings. The summed E-state index contributed by atoms with van der Waals surface area (Å²) in [6.07, 6.45) is -0.437. The second-order valence-electron chi connectivity index (χ2n) is 8.77. The van der Waals surface area contributed by atoms with Crippen LogP contribution >= 0.6 is 11.6 Å². The van der Waals surface area contributed by atoms with E-state index in [1.165, 1.54) is 18.3 Å². The number of hydrogen-bond donors (Lipinski definition) is 1. The lowest BCUT2D eigenvalue weighted by atomic mass is 9.98. The van der Waals surface area contributed by atoms with Crippen LogP contribution in [0, 0.1) is 0 Å². The number of ether oxygens (including phenoxy) is 1. The fraction of sp³-hybridized carbons (Fsp3) is 0.346. The van der Waals surface area contributed by atoms with Gasteiger partial charge >= 0.3 is 12.1 Å². The van der Waals surface area contributed by atoms with Gasteiger partial charge in [0.25, 0.3) is 0 Å². The van der Waals surface area contributed by atoms with Crippen molar-refractivity contribution in [1.82, 2.24) is 9.97 Å². The van der Waals surface area contributed by atoms with Crippen LogP contribution in [0.4, 0.5) is 19.0 Å². The Morgan fingerprint density at radius 2 is 1.97 bits per heavy atom. The third-order valence-corrected chi connectivity index (χ3v) is 6.45. The summed E-state index contributed by atoms with van der Waals surface area (Å²) in [6, 6.07) is 10.7. The first-order valence-electron chi connectivity index (χ1n) is 11.5. The zero-order valence-corrected chi connectivity index (χ0v) is 20.3. The van der Waals surface area contributed by atoms with E-state index in [1.807, 2.05) is 30.1 Å². The molecule has 3 aromatic rings. The summed E-state index contributed by atoms with van der Waals surface area (Å²) < 4.78 is 44.7. The molecule has 0 unspecified atom stereocenters. The van der Waals surface area contributed by atoms with Crippen LogP contribution in [0.1, 0.15) is 41.9 Å². The van der Waals surface area contributed by atoms with Gasteiger partial charge in [-0.05, 0) is 77.7 Å². The van der Waals surface area contributed by atoms with Crippen molar-refractivity contribution in [2.45, 2.75) is 37.8 Å². The first-order valence-corrected chi connectivity index (χ1v) is 11.9. The van der Waals surface area contributed by atoms with Gasteiger partial charge in [0.2, 0.25) is 5.28 Å². The van der Waals surface area contributed by atoms with E-state index >= 15 is 0 Å². The van der Waals surface area contributed by atoms with Crippen molar-refractivity contribution in [3.05, 3.63) is 70.6 Å². The van der Waals surface area contributed by atoms with E-state index < -0.39 is 17.7 Å². The molecule has 1 atom stereocenters. The molecule has 0 radical (unpaired) electrons. The van der Waals surface area contributed by atoms with Gasteiger partial charge in [-0.1, -0.05) is 18.2 Å². The Bertz CT molecular complexity index is 1240. The first kappa shape index (κ1) is 25.8.